The Morgan fingerprint density at radius 3 is 2.73 bits per heavy atom. The average molecular weight is 356 g/mol. The number of methoxy groups -OCH3 is 1. The van der Waals surface area contributed by atoms with Crippen LogP contribution in [0.2, 0.25) is 0 Å². The van der Waals surface area contributed by atoms with Crippen molar-refractivity contribution in [1.29, 1.82) is 0 Å². The number of piperidine rings is 1. The first-order chi connectivity index (χ1) is 12.7. The lowest BCUT2D eigenvalue weighted by Crippen LogP contribution is -2.43. The van der Waals surface area contributed by atoms with Crippen LogP contribution in [0.25, 0.3) is 0 Å². The van der Waals surface area contributed by atoms with Gasteiger partial charge in [-0.2, -0.15) is 0 Å². The van der Waals surface area contributed by atoms with Crippen LogP contribution in [0.15, 0.2) is 42.7 Å². The van der Waals surface area contributed by atoms with E-state index in [1.54, 1.807) is 19.5 Å². The molecule has 1 aliphatic rings. The Bertz CT molecular complexity index is 736. The summed E-state index contributed by atoms with van der Waals surface area (Å²) in [4.78, 5) is 17.5. The number of carboxylic acid groups (broad SMARTS) is 1. The Morgan fingerprint density at radius 2 is 2.00 bits per heavy atom. The van der Waals surface area contributed by atoms with Crippen LogP contribution >= 0.6 is 0 Å². The van der Waals surface area contributed by atoms with Crippen molar-refractivity contribution in [3.05, 3.63) is 53.9 Å². The molecule has 1 fully saturated rings. The number of nitrogens with zero attached hydrogens (tertiary/aromatic N) is 2. The molecule has 2 aromatic rings. The first kappa shape index (κ1) is 18.2. The van der Waals surface area contributed by atoms with Crippen molar-refractivity contribution in [3.8, 4) is 11.5 Å². The summed E-state index contributed by atoms with van der Waals surface area (Å²) in [6.07, 6.45) is 6.18. The summed E-state index contributed by atoms with van der Waals surface area (Å²) in [6.45, 7) is 1.84. The lowest BCUT2D eigenvalue weighted by atomic mass is 10.0. The molecule has 6 nitrogen and oxygen atoms in total. The lowest BCUT2D eigenvalue weighted by molar-refractivity contribution is -0.144. The van der Waals surface area contributed by atoms with E-state index in [0.717, 1.165) is 30.5 Å². The number of benzene rings is 1. The largest absolute Gasteiger partial charge is 0.493 e. The molecule has 3 rings (SSSR count). The van der Waals surface area contributed by atoms with Crippen LogP contribution in [0.3, 0.4) is 0 Å². The number of pyridine rings is 1. The zero-order valence-corrected chi connectivity index (χ0v) is 14.9. The maximum atomic E-state index is 11.5. The van der Waals surface area contributed by atoms with E-state index < -0.39 is 12.0 Å². The van der Waals surface area contributed by atoms with Crippen molar-refractivity contribution in [1.82, 2.24) is 9.88 Å². The molecule has 1 saturated heterocycles. The van der Waals surface area contributed by atoms with Gasteiger partial charge in [0.25, 0.3) is 0 Å². The highest BCUT2D eigenvalue weighted by Crippen LogP contribution is 2.30. The molecule has 138 valence electrons. The summed E-state index contributed by atoms with van der Waals surface area (Å²) in [6, 6.07) is 9.19. The second kappa shape index (κ2) is 8.67. The van der Waals surface area contributed by atoms with Gasteiger partial charge in [0.05, 0.1) is 7.11 Å². The van der Waals surface area contributed by atoms with E-state index in [1.165, 1.54) is 0 Å². The Labute approximate surface area is 153 Å². The molecule has 1 unspecified atom stereocenters. The molecule has 26 heavy (non-hydrogen) atoms. The van der Waals surface area contributed by atoms with E-state index in [0.29, 0.717) is 31.1 Å². The van der Waals surface area contributed by atoms with Crippen molar-refractivity contribution in [3.63, 3.8) is 0 Å². The zero-order valence-electron chi connectivity index (χ0n) is 14.9. The summed E-state index contributed by atoms with van der Waals surface area (Å²) >= 11 is 0. The standard InChI is InChI=1S/C20H24N2O4/c1-25-19-12-16(13-22-11-3-2-4-17(22)20(23)24)5-6-18(19)26-14-15-7-9-21-10-8-15/h5-10,12,17H,2-4,11,13-14H2,1H3,(H,23,24). The van der Waals surface area contributed by atoms with Gasteiger partial charge in [-0.3, -0.25) is 14.7 Å². The minimum atomic E-state index is -0.742. The molecule has 0 bridgehead atoms. The van der Waals surface area contributed by atoms with E-state index in [2.05, 4.69) is 4.98 Å². The topological polar surface area (TPSA) is 71.9 Å². The molecule has 1 aliphatic heterocycles. The second-order valence-corrected chi connectivity index (χ2v) is 6.45. The van der Waals surface area contributed by atoms with Gasteiger partial charge in [-0.1, -0.05) is 12.5 Å². The van der Waals surface area contributed by atoms with Crippen LogP contribution in [0.1, 0.15) is 30.4 Å². The van der Waals surface area contributed by atoms with Crippen LogP contribution in [-0.2, 0) is 17.9 Å². The number of carbonyl (C=O) groups is 1. The van der Waals surface area contributed by atoms with Gasteiger partial charge in [-0.05, 0) is 54.8 Å². The fourth-order valence-corrected chi connectivity index (χ4v) is 3.26. The van der Waals surface area contributed by atoms with Crippen LogP contribution in [0.5, 0.6) is 11.5 Å². The highest BCUT2D eigenvalue weighted by molar-refractivity contribution is 5.73. The third kappa shape index (κ3) is 4.52. The monoisotopic (exact) mass is 356 g/mol. The highest BCUT2D eigenvalue weighted by atomic mass is 16.5. The zero-order chi connectivity index (χ0) is 18.4. The van der Waals surface area contributed by atoms with E-state index in [9.17, 15) is 9.90 Å². The third-order valence-electron chi connectivity index (χ3n) is 4.66. The molecule has 1 atom stereocenters. The van der Waals surface area contributed by atoms with Gasteiger partial charge >= 0.3 is 5.97 Å². The van der Waals surface area contributed by atoms with Crippen molar-refractivity contribution in [2.24, 2.45) is 0 Å². The highest BCUT2D eigenvalue weighted by Gasteiger charge is 2.28. The molecule has 2 heterocycles. The number of aliphatic carboxylic acids is 1. The summed E-state index contributed by atoms with van der Waals surface area (Å²) < 4.78 is 11.3. The Morgan fingerprint density at radius 1 is 1.19 bits per heavy atom. The number of hydrogen-bond acceptors (Lipinski definition) is 5. The molecular formula is C20H24N2O4. The quantitative estimate of drug-likeness (QED) is 0.822. The maximum Gasteiger partial charge on any atom is 0.320 e. The molecule has 1 N–H and O–H groups in total. The Kier molecular flexibility index (Phi) is 6.07. The van der Waals surface area contributed by atoms with Crippen LogP contribution in [0, 0.1) is 0 Å². The summed E-state index contributed by atoms with van der Waals surface area (Å²) in [5, 5.41) is 9.42. The van der Waals surface area contributed by atoms with Gasteiger partial charge in [0.15, 0.2) is 11.5 Å². The summed E-state index contributed by atoms with van der Waals surface area (Å²) in [5.41, 5.74) is 2.05. The molecule has 1 aromatic carbocycles. The van der Waals surface area contributed by atoms with E-state index in [1.807, 2.05) is 35.2 Å². The number of ether oxygens (including phenoxy) is 2. The Balaban J connectivity index is 1.68. The van der Waals surface area contributed by atoms with Crippen LogP contribution in [-0.4, -0.2) is 40.7 Å². The smallest absolute Gasteiger partial charge is 0.320 e. The second-order valence-electron chi connectivity index (χ2n) is 6.45. The van der Waals surface area contributed by atoms with E-state index >= 15 is 0 Å². The van der Waals surface area contributed by atoms with Crippen molar-refractivity contribution in [2.75, 3.05) is 13.7 Å². The number of carboxylic acids is 1. The van der Waals surface area contributed by atoms with Gasteiger partial charge in [0.1, 0.15) is 12.6 Å². The first-order valence-electron chi connectivity index (χ1n) is 8.83. The van der Waals surface area contributed by atoms with Crippen molar-refractivity contribution < 1.29 is 19.4 Å². The van der Waals surface area contributed by atoms with Gasteiger partial charge in [-0.25, -0.2) is 0 Å². The van der Waals surface area contributed by atoms with E-state index in [-0.39, 0.29) is 0 Å². The maximum absolute atomic E-state index is 11.5. The molecule has 0 radical (unpaired) electrons. The number of hydrogen-bond donors (Lipinski definition) is 1. The summed E-state index contributed by atoms with van der Waals surface area (Å²) in [5.74, 6) is 0.580. The summed E-state index contributed by atoms with van der Waals surface area (Å²) in [7, 11) is 1.61. The SMILES string of the molecule is COc1cc(CN2CCCCC2C(=O)O)ccc1OCc1ccncc1. The fourth-order valence-electron chi connectivity index (χ4n) is 3.26. The predicted octanol–water partition coefficient (Wildman–Crippen LogP) is 3.11. The third-order valence-corrected chi connectivity index (χ3v) is 4.66. The molecule has 0 amide bonds. The van der Waals surface area contributed by atoms with Crippen molar-refractivity contribution >= 4 is 5.97 Å². The van der Waals surface area contributed by atoms with Gasteiger partial charge in [0, 0.05) is 18.9 Å². The lowest BCUT2D eigenvalue weighted by Gasteiger charge is -2.32. The molecule has 0 saturated carbocycles. The fraction of sp³-hybridized carbons (Fsp3) is 0.400. The van der Waals surface area contributed by atoms with Crippen molar-refractivity contribution in [2.45, 2.75) is 38.5 Å². The number of likely N-dealkylation sites (tertiary alicyclic amines) is 1. The number of rotatable bonds is 7. The molecule has 1 aromatic heterocycles. The normalized spacial score (nSPS) is 17.7. The Hall–Kier alpha value is -2.60. The molecule has 6 heteroatoms. The van der Waals surface area contributed by atoms with E-state index in [4.69, 9.17) is 9.47 Å². The minimum absolute atomic E-state index is 0.405. The van der Waals surface area contributed by atoms with Crippen LogP contribution in [0.4, 0.5) is 0 Å². The molecule has 0 aliphatic carbocycles. The predicted molar refractivity (Wildman–Crippen MR) is 97.2 cm³/mol. The number of aromatic nitrogens is 1. The van der Waals surface area contributed by atoms with Gasteiger partial charge < -0.3 is 14.6 Å². The minimum Gasteiger partial charge on any atom is -0.493 e. The molecule has 0 spiro atoms. The molecular weight excluding hydrogens is 332 g/mol. The first-order valence-corrected chi connectivity index (χ1v) is 8.83. The average Bonchev–Trinajstić information content (AvgIpc) is 2.68. The van der Waals surface area contributed by atoms with Crippen LogP contribution < -0.4 is 9.47 Å². The van der Waals surface area contributed by atoms with Gasteiger partial charge in [0.2, 0.25) is 0 Å². The van der Waals surface area contributed by atoms with Gasteiger partial charge in [-0.15, -0.1) is 0 Å².